The van der Waals surface area contributed by atoms with E-state index in [1.807, 2.05) is 0 Å². The molecule has 0 spiro atoms. The first-order valence-corrected chi connectivity index (χ1v) is 5.47. The van der Waals surface area contributed by atoms with E-state index in [0.717, 1.165) is 32.7 Å². The molecule has 0 atom stereocenters. The predicted octanol–water partition coefficient (Wildman–Crippen LogP) is -1.18. The van der Waals surface area contributed by atoms with Gasteiger partial charge in [-0.25, -0.2) is 0 Å². The average molecular weight is 229 g/mol. The number of carboxylic acid groups (broad SMARTS) is 1. The fraction of sp³-hybridized carbons (Fsp3) is 0.800. The van der Waals surface area contributed by atoms with Crippen molar-refractivity contribution in [1.29, 1.82) is 0 Å². The molecule has 0 radical (unpaired) electrons. The molecule has 1 heterocycles. The van der Waals surface area contributed by atoms with Crippen LogP contribution in [0, 0.1) is 0 Å². The Bertz CT molecular complexity index is 250. The zero-order valence-electron chi connectivity index (χ0n) is 9.61. The molecule has 0 unspecified atom stereocenters. The monoisotopic (exact) mass is 229 g/mol. The highest BCUT2D eigenvalue weighted by Crippen LogP contribution is 1.97. The highest BCUT2D eigenvalue weighted by atomic mass is 16.4. The zero-order chi connectivity index (χ0) is 12.0. The highest BCUT2D eigenvalue weighted by molar-refractivity contribution is 5.93. The van der Waals surface area contributed by atoms with Crippen molar-refractivity contribution < 1.29 is 14.7 Å². The van der Waals surface area contributed by atoms with Crippen LogP contribution >= 0.6 is 0 Å². The van der Waals surface area contributed by atoms with E-state index < -0.39 is 18.3 Å². The van der Waals surface area contributed by atoms with Gasteiger partial charge in [0.15, 0.2) is 0 Å². The molecule has 92 valence electrons. The van der Waals surface area contributed by atoms with Gasteiger partial charge in [-0.2, -0.15) is 0 Å². The molecule has 0 aromatic carbocycles. The van der Waals surface area contributed by atoms with E-state index in [1.54, 1.807) is 0 Å². The first-order chi connectivity index (χ1) is 7.58. The summed E-state index contributed by atoms with van der Waals surface area (Å²) >= 11 is 0. The van der Waals surface area contributed by atoms with Gasteiger partial charge in [0.05, 0.1) is 0 Å². The maximum atomic E-state index is 11.0. The molecule has 1 rings (SSSR count). The predicted molar refractivity (Wildman–Crippen MR) is 59.2 cm³/mol. The highest BCUT2D eigenvalue weighted by Gasteiger charge is 2.13. The average Bonchev–Trinajstić information content (AvgIpc) is 2.20. The van der Waals surface area contributed by atoms with Crippen molar-refractivity contribution in [3.63, 3.8) is 0 Å². The summed E-state index contributed by atoms with van der Waals surface area (Å²) in [6.45, 7) is 5.41. The largest absolute Gasteiger partial charge is 0.481 e. The van der Waals surface area contributed by atoms with Crippen LogP contribution in [0.3, 0.4) is 0 Å². The van der Waals surface area contributed by atoms with Crippen molar-refractivity contribution in [3.8, 4) is 0 Å². The lowest BCUT2D eigenvalue weighted by molar-refractivity contribution is -0.140. The molecule has 6 heteroatoms. The Morgan fingerprint density at radius 1 is 1.25 bits per heavy atom. The van der Waals surface area contributed by atoms with E-state index in [-0.39, 0.29) is 0 Å². The normalized spacial score (nSPS) is 18.3. The van der Waals surface area contributed by atoms with Crippen LogP contribution < -0.4 is 5.32 Å². The smallest absolute Gasteiger partial charge is 0.312 e. The molecular weight excluding hydrogens is 210 g/mol. The van der Waals surface area contributed by atoms with E-state index >= 15 is 0 Å². The lowest BCUT2D eigenvalue weighted by Crippen LogP contribution is -2.47. The van der Waals surface area contributed by atoms with Crippen LogP contribution in [0.25, 0.3) is 0 Å². The van der Waals surface area contributed by atoms with Crippen molar-refractivity contribution in [2.45, 2.75) is 6.42 Å². The molecule has 2 N–H and O–H groups in total. The third kappa shape index (κ3) is 5.09. The number of hydrogen-bond acceptors (Lipinski definition) is 4. The first-order valence-electron chi connectivity index (χ1n) is 5.47. The van der Waals surface area contributed by atoms with E-state index in [9.17, 15) is 9.59 Å². The summed E-state index contributed by atoms with van der Waals surface area (Å²) < 4.78 is 0. The van der Waals surface area contributed by atoms with Crippen molar-refractivity contribution >= 4 is 11.9 Å². The number of hydrogen-bond donors (Lipinski definition) is 2. The van der Waals surface area contributed by atoms with Crippen molar-refractivity contribution in [1.82, 2.24) is 15.1 Å². The van der Waals surface area contributed by atoms with Gasteiger partial charge in [0.2, 0.25) is 5.91 Å². The molecule has 1 amide bonds. The summed E-state index contributed by atoms with van der Waals surface area (Å²) in [5.74, 6) is -1.50. The number of carboxylic acids is 1. The van der Waals surface area contributed by atoms with Gasteiger partial charge < -0.3 is 15.3 Å². The van der Waals surface area contributed by atoms with Crippen LogP contribution in [0.1, 0.15) is 6.42 Å². The molecule has 6 nitrogen and oxygen atoms in total. The molecule has 0 saturated carbocycles. The van der Waals surface area contributed by atoms with Gasteiger partial charge >= 0.3 is 5.97 Å². The lowest BCUT2D eigenvalue weighted by atomic mass is 10.3. The lowest BCUT2D eigenvalue weighted by Gasteiger charge is -2.32. The fourth-order valence-corrected chi connectivity index (χ4v) is 1.62. The molecular formula is C10H19N3O3. The number of aliphatic carboxylic acids is 1. The van der Waals surface area contributed by atoms with Crippen LogP contribution in [-0.4, -0.2) is 73.1 Å². The molecule has 1 aliphatic rings. The van der Waals surface area contributed by atoms with Crippen molar-refractivity contribution in [3.05, 3.63) is 0 Å². The topological polar surface area (TPSA) is 72.9 Å². The second kappa shape index (κ2) is 6.44. The van der Waals surface area contributed by atoms with E-state index in [0.29, 0.717) is 6.54 Å². The summed E-state index contributed by atoms with van der Waals surface area (Å²) in [4.78, 5) is 25.8. The molecule has 0 bridgehead atoms. The molecule has 0 aliphatic carbocycles. The maximum Gasteiger partial charge on any atom is 0.312 e. The standard InChI is InChI=1S/C10H19N3O3/c1-12-4-6-13(7-5-12)3-2-11-9(14)8-10(15)16/h2-8H2,1H3,(H,11,14)(H,15,16). The van der Waals surface area contributed by atoms with Crippen LogP contribution in [0.4, 0.5) is 0 Å². The van der Waals surface area contributed by atoms with Gasteiger partial charge in [-0.05, 0) is 7.05 Å². The second-order valence-electron chi connectivity index (χ2n) is 4.07. The zero-order valence-corrected chi connectivity index (χ0v) is 9.61. The molecule has 1 fully saturated rings. The Kier molecular flexibility index (Phi) is 5.21. The Morgan fingerprint density at radius 2 is 1.88 bits per heavy atom. The summed E-state index contributed by atoms with van der Waals surface area (Å²) in [6.07, 6.45) is -0.442. The number of rotatable bonds is 5. The van der Waals surface area contributed by atoms with Gasteiger partial charge in [0, 0.05) is 39.3 Å². The molecule has 16 heavy (non-hydrogen) atoms. The Hall–Kier alpha value is -1.14. The summed E-state index contributed by atoms with van der Waals surface area (Å²) in [5, 5.41) is 11.0. The van der Waals surface area contributed by atoms with Crippen molar-refractivity contribution in [2.24, 2.45) is 0 Å². The second-order valence-corrected chi connectivity index (χ2v) is 4.07. The molecule has 1 saturated heterocycles. The number of amides is 1. The molecule has 0 aromatic rings. The summed E-state index contributed by atoms with van der Waals surface area (Å²) in [6, 6.07) is 0. The van der Waals surface area contributed by atoms with Gasteiger partial charge in [0.25, 0.3) is 0 Å². The Labute approximate surface area is 95.2 Å². The van der Waals surface area contributed by atoms with Gasteiger partial charge in [0.1, 0.15) is 6.42 Å². The third-order valence-electron chi connectivity index (χ3n) is 2.66. The maximum absolute atomic E-state index is 11.0. The number of nitrogens with one attached hydrogen (secondary N) is 1. The van der Waals surface area contributed by atoms with Gasteiger partial charge in [-0.3, -0.25) is 14.5 Å². The quantitative estimate of drug-likeness (QED) is 0.581. The van der Waals surface area contributed by atoms with Crippen LogP contribution in [0.15, 0.2) is 0 Å². The number of piperazine rings is 1. The van der Waals surface area contributed by atoms with E-state index in [1.165, 1.54) is 0 Å². The first kappa shape index (κ1) is 12.9. The number of carbonyl (C=O) groups excluding carboxylic acids is 1. The Morgan fingerprint density at radius 3 is 2.44 bits per heavy atom. The fourth-order valence-electron chi connectivity index (χ4n) is 1.62. The summed E-state index contributed by atoms with van der Waals surface area (Å²) in [5.41, 5.74) is 0. The minimum atomic E-state index is -1.09. The number of carbonyl (C=O) groups is 2. The van der Waals surface area contributed by atoms with E-state index in [2.05, 4.69) is 22.2 Å². The van der Waals surface area contributed by atoms with Gasteiger partial charge in [-0.1, -0.05) is 0 Å². The minimum absolute atomic E-state index is 0.415. The SMILES string of the molecule is CN1CCN(CCNC(=O)CC(=O)O)CC1. The number of likely N-dealkylation sites (N-methyl/N-ethyl adjacent to an activating group) is 1. The van der Waals surface area contributed by atoms with Crippen LogP contribution in [0.2, 0.25) is 0 Å². The third-order valence-corrected chi connectivity index (χ3v) is 2.66. The molecule has 0 aromatic heterocycles. The molecule has 1 aliphatic heterocycles. The Balaban J connectivity index is 2.07. The summed E-state index contributed by atoms with van der Waals surface area (Å²) in [7, 11) is 2.09. The van der Waals surface area contributed by atoms with Crippen LogP contribution in [0.5, 0.6) is 0 Å². The van der Waals surface area contributed by atoms with Gasteiger partial charge in [-0.15, -0.1) is 0 Å². The minimum Gasteiger partial charge on any atom is -0.481 e. The number of nitrogens with zero attached hydrogens (tertiary/aromatic N) is 2. The van der Waals surface area contributed by atoms with Crippen molar-refractivity contribution in [2.75, 3.05) is 46.3 Å². The van der Waals surface area contributed by atoms with E-state index in [4.69, 9.17) is 5.11 Å². The van der Waals surface area contributed by atoms with Crippen LogP contribution in [-0.2, 0) is 9.59 Å².